The Morgan fingerprint density at radius 2 is 1.39 bits per heavy atom. The molecule has 33 heavy (non-hydrogen) atoms. The topological polar surface area (TPSA) is 89.9 Å². The second kappa shape index (κ2) is 23.3. The van der Waals surface area contributed by atoms with Gasteiger partial charge < -0.3 is 20.4 Å². The molecule has 0 fully saturated rings. The van der Waals surface area contributed by atoms with E-state index in [4.69, 9.17) is 13.0 Å². The van der Waals surface area contributed by atoms with E-state index in [1.165, 1.54) is 36.6 Å². The lowest BCUT2D eigenvalue weighted by molar-refractivity contribution is 0.0695. The number of benzene rings is 2. The molecular formula is C23H36Br2F2N2O4. The number of rotatable bonds is 2. The molecule has 0 aromatic heterocycles. The van der Waals surface area contributed by atoms with Crippen molar-refractivity contribution in [2.45, 2.75) is 28.1 Å². The Labute approximate surface area is 216 Å². The molecule has 0 saturated heterocycles. The number of carboxylic acid groups (broad SMARTS) is 1. The average molecular weight is 605 g/mol. The number of carbonyl (C=O) groups is 2. The zero-order valence-electron chi connectivity index (χ0n) is 22.0. The normalized spacial score (nSPS) is 8.97. The van der Waals surface area contributed by atoms with Gasteiger partial charge >= 0.3 is 5.97 Å². The third-order valence-electron chi connectivity index (χ3n) is 2.74. The van der Waals surface area contributed by atoms with Crippen LogP contribution in [-0.2, 0) is 0 Å². The molecule has 0 aliphatic rings. The van der Waals surface area contributed by atoms with E-state index < -0.39 is 17.6 Å². The van der Waals surface area contributed by atoms with Crippen molar-refractivity contribution >= 4 is 43.7 Å². The molecule has 1 amide bonds. The fraction of sp³-hybridized carbons (Fsp3) is 0.391. The second-order valence-corrected chi connectivity index (χ2v) is 7.29. The van der Waals surface area contributed by atoms with Crippen molar-refractivity contribution in [3.8, 4) is 0 Å². The van der Waals surface area contributed by atoms with Crippen LogP contribution < -0.4 is 5.32 Å². The molecule has 6 nitrogen and oxygen atoms in total. The standard InChI is InChI=1S/C9H9BrFNO.C7H4BrFO2.C2H7N.C2H6O.C2H6.CH4/c1-12(2)9(13)6-3-4-7(10)8(11)5-6;8-5-2-1-4(7(10)11)3-6(5)9;1-3-2;1-2-3;1-2;/h3-5H,1-2H3;1-3H,(H,10,11);3H,1-2H3;3H,2H2,1H3;1-2H3;1H4/i;;;;1D;1T. The molecule has 190 valence electrons. The van der Waals surface area contributed by atoms with Gasteiger partial charge in [-0.15, -0.1) is 0 Å². The van der Waals surface area contributed by atoms with E-state index >= 15 is 0 Å². The van der Waals surface area contributed by atoms with Crippen molar-refractivity contribution in [1.29, 1.82) is 0 Å². The Morgan fingerprint density at radius 1 is 1.09 bits per heavy atom. The lowest BCUT2D eigenvalue weighted by atomic mass is 10.2. The summed E-state index contributed by atoms with van der Waals surface area (Å²) >= 11 is 5.93. The van der Waals surface area contributed by atoms with Gasteiger partial charge in [0.05, 0.1) is 14.5 Å². The average Bonchev–Trinajstić information content (AvgIpc) is 2.80. The fourth-order valence-electron chi connectivity index (χ4n) is 1.52. The Hall–Kier alpha value is -1.88. The molecule has 10 heteroatoms. The molecule has 2 aromatic carbocycles. The number of amides is 1. The molecule has 0 radical (unpaired) electrons. The van der Waals surface area contributed by atoms with Gasteiger partial charge in [-0.05, 0) is 89.3 Å². The quantitative estimate of drug-likeness (QED) is 0.387. The molecule has 0 heterocycles. The largest absolute Gasteiger partial charge is 0.478 e. The third-order valence-corrected chi connectivity index (χ3v) is 4.03. The first-order chi connectivity index (χ1) is 16.4. The minimum atomic E-state index is -1.13. The Balaban J connectivity index is -0.000000196. The summed E-state index contributed by atoms with van der Waals surface area (Å²) in [7, 11) is 8.25. The number of halogens is 4. The van der Waals surface area contributed by atoms with Gasteiger partial charge in [0.15, 0.2) is 0 Å². The molecule has 2 rings (SSSR count). The van der Waals surface area contributed by atoms with Crippen molar-refractivity contribution in [3.63, 3.8) is 0 Å². The summed E-state index contributed by atoms with van der Waals surface area (Å²) in [5.74, 6) is -2.32. The van der Waals surface area contributed by atoms with Crippen molar-refractivity contribution in [1.82, 2.24) is 10.2 Å². The third kappa shape index (κ3) is 18.3. The van der Waals surface area contributed by atoms with Crippen molar-refractivity contribution in [3.05, 3.63) is 68.1 Å². The summed E-state index contributed by atoms with van der Waals surface area (Å²) in [6.07, 6.45) is 0. The van der Waals surface area contributed by atoms with Gasteiger partial charge in [0, 0.05) is 29.0 Å². The summed E-state index contributed by atoms with van der Waals surface area (Å²) < 4.78 is 38.2. The minimum absolute atomic E-state index is 0.0503. The van der Waals surface area contributed by atoms with Crippen LogP contribution in [0.25, 0.3) is 0 Å². The number of nitrogens with one attached hydrogen (secondary N) is 1. The zero-order valence-corrected chi connectivity index (χ0v) is 23.2. The van der Waals surface area contributed by atoms with Crippen LogP contribution in [-0.4, -0.2) is 61.8 Å². The SMILES string of the molecule is CCO.CN(C)C(=O)c1ccc(Br)c(F)c1.CNC.O=C(O)c1ccc(Br)c(F)c1.[2H]CC.[3H]C. The highest BCUT2D eigenvalue weighted by Gasteiger charge is 2.09. The van der Waals surface area contributed by atoms with Crippen LogP contribution in [0.2, 0.25) is 0 Å². The van der Waals surface area contributed by atoms with Crippen LogP contribution in [0.15, 0.2) is 45.3 Å². The predicted octanol–water partition coefficient (Wildman–Crippen LogP) is 6.07. The first-order valence-electron chi connectivity index (χ1n) is 10.9. The maximum Gasteiger partial charge on any atom is 0.335 e. The summed E-state index contributed by atoms with van der Waals surface area (Å²) in [6, 6.07) is 7.97. The van der Waals surface area contributed by atoms with E-state index in [0.29, 0.717) is 16.9 Å². The molecule has 2 aromatic rings. The van der Waals surface area contributed by atoms with Crippen LogP contribution in [0.5, 0.6) is 0 Å². The highest BCUT2D eigenvalue weighted by atomic mass is 79.9. The fourth-order valence-corrected chi connectivity index (χ4v) is 2.01. The first-order valence-corrected chi connectivity index (χ1v) is 10.8. The molecule has 0 aliphatic carbocycles. The second-order valence-electron chi connectivity index (χ2n) is 5.58. The van der Waals surface area contributed by atoms with Gasteiger partial charge in [-0.2, -0.15) is 0 Å². The molecule has 0 bridgehead atoms. The lowest BCUT2D eigenvalue weighted by Crippen LogP contribution is -2.21. The molecule has 0 unspecified atom stereocenters. The number of carboxylic acids is 1. The molecular weight excluding hydrogens is 566 g/mol. The smallest absolute Gasteiger partial charge is 0.335 e. The van der Waals surface area contributed by atoms with Gasteiger partial charge in [0.2, 0.25) is 0 Å². The summed E-state index contributed by atoms with van der Waals surface area (Å²) in [5.41, 5.74) is 0.302. The van der Waals surface area contributed by atoms with Crippen molar-refractivity contribution in [2.75, 3.05) is 34.8 Å². The van der Waals surface area contributed by atoms with Crippen LogP contribution >= 0.6 is 31.9 Å². The van der Waals surface area contributed by atoms with Crippen molar-refractivity contribution in [2.24, 2.45) is 0 Å². The lowest BCUT2D eigenvalue weighted by Gasteiger charge is -2.09. The number of hydrogen-bond acceptors (Lipinski definition) is 4. The van der Waals surface area contributed by atoms with E-state index in [1.54, 1.807) is 34.0 Å². The zero-order chi connectivity index (χ0) is 28.6. The van der Waals surface area contributed by atoms with E-state index in [-0.39, 0.29) is 22.6 Å². The van der Waals surface area contributed by atoms with E-state index in [1.807, 2.05) is 14.1 Å². The highest BCUT2D eigenvalue weighted by Crippen LogP contribution is 2.17. The summed E-state index contributed by atoms with van der Waals surface area (Å²) in [5, 5.41) is 18.7. The molecule has 0 saturated carbocycles. The van der Waals surface area contributed by atoms with Crippen LogP contribution in [0.1, 0.15) is 51.6 Å². The Kier molecular flexibility index (Phi) is 23.5. The van der Waals surface area contributed by atoms with Gasteiger partial charge in [0.25, 0.3) is 5.91 Å². The maximum atomic E-state index is 13.0. The first kappa shape index (κ1) is 33.3. The summed E-state index contributed by atoms with van der Waals surface area (Å²) in [4.78, 5) is 23.0. The van der Waals surface area contributed by atoms with Gasteiger partial charge in [0.1, 0.15) is 11.6 Å². The minimum Gasteiger partial charge on any atom is -0.478 e. The van der Waals surface area contributed by atoms with Crippen LogP contribution in [0.4, 0.5) is 8.78 Å². The Bertz CT molecular complexity index is 829. The van der Waals surface area contributed by atoms with E-state index in [0.717, 1.165) is 6.07 Å². The Morgan fingerprint density at radius 3 is 1.67 bits per heavy atom. The number of aromatic carboxylic acids is 1. The summed E-state index contributed by atoms with van der Waals surface area (Å²) in [6.45, 7) is 4.22. The number of carbonyl (C=O) groups excluding carboxylic acids is 1. The van der Waals surface area contributed by atoms with Gasteiger partial charge in [-0.25, -0.2) is 13.6 Å². The monoisotopic (exact) mass is 603 g/mol. The highest BCUT2D eigenvalue weighted by molar-refractivity contribution is 9.10. The van der Waals surface area contributed by atoms with Gasteiger partial charge in [-0.3, -0.25) is 4.79 Å². The van der Waals surface area contributed by atoms with E-state index in [9.17, 15) is 18.4 Å². The molecule has 0 aliphatic heterocycles. The van der Waals surface area contributed by atoms with Crippen molar-refractivity contribution < 1.29 is 31.3 Å². The van der Waals surface area contributed by atoms with Crippen LogP contribution in [0.3, 0.4) is 0 Å². The number of aliphatic hydroxyl groups excluding tert-OH is 1. The van der Waals surface area contributed by atoms with Crippen LogP contribution in [0, 0.1) is 11.6 Å². The van der Waals surface area contributed by atoms with E-state index in [2.05, 4.69) is 37.2 Å². The maximum absolute atomic E-state index is 13.0. The number of hydrogen-bond donors (Lipinski definition) is 3. The predicted molar refractivity (Wildman–Crippen MR) is 139 cm³/mol. The molecule has 0 atom stereocenters. The molecule has 3 N–H and O–H groups in total. The van der Waals surface area contributed by atoms with Gasteiger partial charge in [-0.1, -0.05) is 21.2 Å². The number of nitrogens with zero attached hydrogens (tertiary/aromatic N) is 1. The molecule has 0 spiro atoms. The number of aliphatic hydroxyl groups is 1.